The summed E-state index contributed by atoms with van der Waals surface area (Å²) < 4.78 is 4.74. The lowest BCUT2D eigenvalue weighted by Gasteiger charge is -1.94. The van der Waals surface area contributed by atoms with Crippen LogP contribution in [0.25, 0.3) is 0 Å². The molecule has 0 spiro atoms. The standard InChI is InChI=1S/C5H12N2O/c1-8-4-2-3-5(6)7/h2-4H2,1H3,(H3,6,7). The molecule has 0 aliphatic rings. The van der Waals surface area contributed by atoms with Gasteiger partial charge in [0.15, 0.2) is 0 Å². The van der Waals surface area contributed by atoms with Gasteiger partial charge in [-0.15, -0.1) is 0 Å². The molecule has 0 bridgehead atoms. The van der Waals surface area contributed by atoms with Crippen molar-refractivity contribution in [2.45, 2.75) is 12.8 Å². The Morgan fingerprint density at radius 1 is 1.75 bits per heavy atom. The highest BCUT2D eigenvalue weighted by molar-refractivity contribution is 5.76. The summed E-state index contributed by atoms with van der Waals surface area (Å²) in [5.74, 6) is 0.238. The van der Waals surface area contributed by atoms with E-state index < -0.39 is 0 Å². The normalized spacial score (nSPS) is 9.12. The number of methoxy groups -OCH3 is 1. The van der Waals surface area contributed by atoms with E-state index in [2.05, 4.69) is 0 Å². The second kappa shape index (κ2) is 4.59. The Labute approximate surface area is 49.3 Å². The van der Waals surface area contributed by atoms with Gasteiger partial charge in [-0.1, -0.05) is 0 Å². The fraction of sp³-hybridized carbons (Fsp3) is 0.800. The molecule has 0 amide bonds. The zero-order valence-corrected chi connectivity index (χ0v) is 5.11. The molecule has 48 valence electrons. The minimum absolute atomic E-state index is 0.238. The number of rotatable bonds is 4. The van der Waals surface area contributed by atoms with E-state index in [9.17, 15) is 0 Å². The molecule has 0 aromatic carbocycles. The largest absolute Gasteiger partial charge is 0.388 e. The van der Waals surface area contributed by atoms with Gasteiger partial charge in [-0.25, -0.2) is 0 Å². The molecule has 0 rings (SSSR count). The number of nitrogens with one attached hydrogen (secondary N) is 1. The van der Waals surface area contributed by atoms with Crippen LogP contribution in [0.15, 0.2) is 0 Å². The van der Waals surface area contributed by atoms with Crippen LogP contribution >= 0.6 is 0 Å². The molecule has 0 heterocycles. The van der Waals surface area contributed by atoms with Crippen LogP contribution in [0.5, 0.6) is 0 Å². The fourth-order valence-electron chi connectivity index (χ4n) is 0.407. The van der Waals surface area contributed by atoms with Crippen molar-refractivity contribution < 1.29 is 4.74 Å². The van der Waals surface area contributed by atoms with Crippen LogP contribution in [0.1, 0.15) is 12.8 Å². The summed E-state index contributed by atoms with van der Waals surface area (Å²) in [6.45, 7) is 0.694. The van der Waals surface area contributed by atoms with Crippen LogP contribution in [-0.2, 0) is 4.74 Å². The Balaban J connectivity index is 2.82. The van der Waals surface area contributed by atoms with Crippen molar-refractivity contribution in [1.82, 2.24) is 0 Å². The van der Waals surface area contributed by atoms with Crippen LogP contribution in [-0.4, -0.2) is 19.6 Å². The van der Waals surface area contributed by atoms with Crippen molar-refractivity contribution in [3.8, 4) is 0 Å². The molecule has 3 heteroatoms. The summed E-state index contributed by atoms with van der Waals surface area (Å²) in [5, 5.41) is 6.79. The third-order valence-electron chi connectivity index (χ3n) is 0.795. The third kappa shape index (κ3) is 5.43. The van der Waals surface area contributed by atoms with Crippen molar-refractivity contribution in [3.05, 3.63) is 0 Å². The van der Waals surface area contributed by atoms with Gasteiger partial charge in [0.25, 0.3) is 0 Å². The second-order valence-corrected chi connectivity index (χ2v) is 1.62. The van der Waals surface area contributed by atoms with E-state index in [-0.39, 0.29) is 5.84 Å². The van der Waals surface area contributed by atoms with E-state index in [1.165, 1.54) is 0 Å². The summed E-state index contributed by atoms with van der Waals surface area (Å²) in [5.41, 5.74) is 5.06. The zero-order valence-electron chi connectivity index (χ0n) is 5.11. The average molecular weight is 116 g/mol. The van der Waals surface area contributed by atoms with E-state index in [1.54, 1.807) is 7.11 Å². The van der Waals surface area contributed by atoms with Gasteiger partial charge in [0.2, 0.25) is 0 Å². The second-order valence-electron chi connectivity index (χ2n) is 1.62. The van der Waals surface area contributed by atoms with Gasteiger partial charge in [-0.3, -0.25) is 5.41 Å². The van der Waals surface area contributed by atoms with E-state index in [0.717, 1.165) is 6.42 Å². The lowest BCUT2D eigenvalue weighted by molar-refractivity contribution is 0.196. The summed E-state index contributed by atoms with van der Waals surface area (Å²) in [6.07, 6.45) is 1.50. The molecular formula is C5H12N2O. The van der Waals surface area contributed by atoms with Gasteiger partial charge in [-0.2, -0.15) is 0 Å². The molecule has 0 atom stereocenters. The number of nitrogens with two attached hydrogens (primary N) is 1. The van der Waals surface area contributed by atoms with Crippen molar-refractivity contribution >= 4 is 5.84 Å². The smallest absolute Gasteiger partial charge is 0.0906 e. The predicted molar refractivity (Wildman–Crippen MR) is 33.0 cm³/mol. The molecule has 0 aliphatic heterocycles. The maximum atomic E-state index is 6.79. The van der Waals surface area contributed by atoms with Gasteiger partial charge < -0.3 is 10.5 Å². The van der Waals surface area contributed by atoms with E-state index in [4.69, 9.17) is 15.9 Å². The van der Waals surface area contributed by atoms with Gasteiger partial charge in [0, 0.05) is 20.1 Å². The molecule has 0 saturated heterocycles. The molecule has 0 aromatic heterocycles. The zero-order chi connectivity index (χ0) is 6.41. The highest BCUT2D eigenvalue weighted by Crippen LogP contribution is 1.85. The fourth-order valence-corrected chi connectivity index (χ4v) is 0.407. The highest BCUT2D eigenvalue weighted by Gasteiger charge is 1.86. The lowest BCUT2D eigenvalue weighted by atomic mass is 10.3. The van der Waals surface area contributed by atoms with Gasteiger partial charge in [0.05, 0.1) is 5.84 Å². The Kier molecular flexibility index (Phi) is 4.26. The first kappa shape index (κ1) is 7.43. The predicted octanol–water partition coefficient (Wildman–Crippen LogP) is 0.349. The topological polar surface area (TPSA) is 59.1 Å². The SMILES string of the molecule is COCCCC(=N)N. The maximum absolute atomic E-state index is 6.79. The molecule has 0 aliphatic carbocycles. The molecule has 0 fully saturated rings. The third-order valence-corrected chi connectivity index (χ3v) is 0.795. The minimum Gasteiger partial charge on any atom is -0.388 e. The number of hydrogen-bond donors (Lipinski definition) is 2. The monoisotopic (exact) mass is 116 g/mol. The Morgan fingerprint density at radius 2 is 2.38 bits per heavy atom. The molecule has 0 radical (unpaired) electrons. The van der Waals surface area contributed by atoms with E-state index in [1.807, 2.05) is 0 Å². The minimum atomic E-state index is 0.238. The first-order valence-electron chi connectivity index (χ1n) is 2.59. The maximum Gasteiger partial charge on any atom is 0.0906 e. The molecule has 3 nitrogen and oxygen atoms in total. The van der Waals surface area contributed by atoms with Crippen LogP contribution < -0.4 is 5.73 Å². The van der Waals surface area contributed by atoms with Crippen LogP contribution in [0, 0.1) is 5.41 Å². The number of amidine groups is 1. The average Bonchev–Trinajstić information content (AvgIpc) is 1.66. The van der Waals surface area contributed by atoms with E-state index >= 15 is 0 Å². The van der Waals surface area contributed by atoms with Crippen molar-refractivity contribution in [3.63, 3.8) is 0 Å². The highest BCUT2D eigenvalue weighted by atomic mass is 16.5. The number of ether oxygens (including phenoxy) is 1. The van der Waals surface area contributed by atoms with Crippen LogP contribution in [0.3, 0.4) is 0 Å². The lowest BCUT2D eigenvalue weighted by Crippen LogP contribution is -2.09. The molecule has 3 N–H and O–H groups in total. The number of hydrogen-bond acceptors (Lipinski definition) is 2. The quantitative estimate of drug-likeness (QED) is 0.316. The molecule has 0 saturated carbocycles. The summed E-state index contributed by atoms with van der Waals surface area (Å²) >= 11 is 0. The van der Waals surface area contributed by atoms with Crippen molar-refractivity contribution in [1.29, 1.82) is 5.41 Å². The van der Waals surface area contributed by atoms with Gasteiger partial charge >= 0.3 is 0 Å². The molecule has 8 heavy (non-hydrogen) atoms. The summed E-state index contributed by atoms with van der Waals surface area (Å²) in [7, 11) is 1.64. The van der Waals surface area contributed by atoms with Gasteiger partial charge in [0.1, 0.15) is 0 Å². The Bertz CT molecular complexity index is 72.8. The van der Waals surface area contributed by atoms with Gasteiger partial charge in [-0.05, 0) is 6.42 Å². The van der Waals surface area contributed by atoms with Crippen LogP contribution in [0.2, 0.25) is 0 Å². The summed E-state index contributed by atoms with van der Waals surface area (Å²) in [4.78, 5) is 0. The molecule has 0 aromatic rings. The van der Waals surface area contributed by atoms with Crippen molar-refractivity contribution in [2.24, 2.45) is 5.73 Å². The summed E-state index contributed by atoms with van der Waals surface area (Å²) in [6, 6.07) is 0. The molecular weight excluding hydrogens is 104 g/mol. The van der Waals surface area contributed by atoms with Crippen molar-refractivity contribution in [2.75, 3.05) is 13.7 Å². The first-order valence-corrected chi connectivity index (χ1v) is 2.59. The Morgan fingerprint density at radius 3 is 2.75 bits per heavy atom. The Hall–Kier alpha value is -0.570. The first-order chi connectivity index (χ1) is 3.77. The van der Waals surface area contributed by atoms with E-state index in [0.29, 0.717) is 13.0 Å². The molecule has 0 unspecified atom stereocenters. The van der Waals surface area contributed by atoms with Crippen LogP contribution in [0.4, 0.5) is 0 Å².